The Labute approximate surface area is 95.4 Å². The van der Waals surface area contributed by atoms with Gasteiger partial charge in [-0.15, -0.1) is 5.10 Å². The molecule has 0 unspecified atom stereocenters. The standard InChI is InChI=1S/C11H7FN2OS/c12-9-3-1-8(2-4-9)11(15)6-5-10-7-16-14-13-10/h1-7H/b6-5+. The Morgan fingerprint density at radius 1 is 1.31 bits per heavy atom. The number of benzene rings is 1. The van der Waals surface area contributed by atoms with Gasteiger partial charge in [0.15, 0.2) is 5.78 Å². The van der Waals surface area contributed by atoms with E-state index in [1.807, 2.05) is 0 Å². The number of allylic oxidation sites excluding steroid dienone is 1. The second-order valence-corrected chi connectivity index (χ2v) is 3.64. The zero-order valence-electron chi connectivity index (χ0n) is 8.13. The molecule has 3 nitrogen and oxygen atoms in total. The highest BCUT2D eigenvalue weighted by atomic mass is 32.1. The van der Waals surface area contributed by atoms with Gasteiger partial charge in [0, 0.05) is 10.9 Å². The lowest BCUT2D eigenvalue weighted by Crippen LogP contribution is -1.93. The van der Waals surface area contributed by atoms with Crippen molar-refractivity contribution < 1.29 is 9.18 Å². The van der Waals surface area contributed by atoms with Crippen LogP contribution in [0.2, 0.25) is 0 Å². The van der Waals surface area contributed by atoms with Crippen LogP contribution in [0.5, 0.6) is 0 Å². The quantitative estimate of drug-likeness (QED) is 0.605. The molecule has 1 aromatic heterocycles. The van der Waals surface area contributed by atoms with E-state index in [9.17, 15) is 9.18 Å². The molecule has 0 N–H and O–H groups in total. The van der Waals surface area contributed by atoms with Crippen LogP contribution in [0.25, 0.3) is 6.08 Å². The number of aromatic nitrogens is 2. The van der Waals surface area contributed by atoms with Crippen molar-refractivity contribution in [2.75, 3.05) is 0 Å². The molecular weight excluding hydrogens is 227 g/mol. The van der Waals surface area contributed by atoms with E-state index >= 15 is 0 Å². The minimum atomic E-state index is -0.357. The minimum Gasteiger partial charge on any atom is -0.289 e. The molecule has 0 bridgehead atoms. The number of nitrogens with zero attached hydrogens (tertiary/aromatic N) is 2. The molecule has 0 saturated heterocycles. The average Bonchev–Trinajstić information content (AvgIpc) is 2.80. The molecule has 80 valence electrons. The van der Waals surface area contributed by atoms with Crippen molar-refractivity contribution in [2.45, 2.75) is 0 Å². The zero-order chi connectivity index (χ0) is 11.4. The highest BCUT2D eigenvalue weighted by molar-refractivity contribution is 7.03. The van der Waals surface area contributed by atoms with Crippen LogP contribution in [0, 0.1) is 5.82 Å². The summed E-state index contributed by atoms with van der Waals surface area (Å²) in [4.78, 5) is 11.6. The maximum atomic E-state index is 12.6. The van der Waals surface area contributed by atoms with E-state index in [1.165, 1.54) is 41.9 Å². The molecule has 1 heterocycles. The summed E-state index contributed by atoms with van der Waals surface area (Å²) in [6.07, 6.45) is 2.97. The van der Waals surface area contributed by atoms with Gasteiger partial charge in [0.25, 0.3) is 0 Å². The normalized spacial score (nSPS) is 10.8. The number of carbonyl (C=O) groups is 1. The smallest absolute Gasteiger partial charge is 0.185 e. The molecule has 0 aliphatic heterocycles. The number of halogens is 1. The lowest BCUT2D eigenvalue weighted by atomic mass is 10.1. The molecule has 0 spiro atoms. The Morgan fingerprint density at radius 2 is 2.06 bits per heavy atom. The van der Waals surface area contributed by atoms with Crippen LogP contribution < -0.4 is 0 Å². The SMILES string of the molecule is O=C(/C=C/c1csnn1)c1ccc(F)cc1. The number of hydrogen-bond acceptors (Lipinski definition) is 4. The largest absolute Gasteiger partial charge is 0.289 e. The summed E-state index contributed by atoms with van der Waals surface area (Å²) in [5.74, 6) is -0.544. The first-order valence-corrected chi connectivity index (χ1v) is 5.34. The van der Waals surface area contributed by atoms with Crippen molar-refractivity contribution in [3.63, 3.8) is 0 Å². The minimum absolute atomic E-state index is 0.187. The van der Waals surface area contributed by atoms with Crippen molar-refractivity contribution >= 4 is 23.4 Å². The van der Waals surface area contributed by atoms with Crippen molar-refractivity contribution in [1.82, 2.24) is 9.59 Å². The molecule has 2 rings (SSSR count). The first kappa shape index (κ1) is 10.6. The first-order valence-electron chi connectivity index (χ1n) is 4.51. The fraction of sp³-hybridized carbons (Fsp3) is 0. The third-order valence-corrected chi connectivity index (χ3v) is 2.43. The van der Waals surface area contributed by atoms with Crippen LogP contribution in [0.4, 0.5) is 4.39 Å². The predicted molar refractivity (Wildman–Crippen MR) is 59.7 cm³/mol. The average molecular weight is 234 g/mol. The van der Waals surface area contributed by atoms with Gasteiger partial charge in [-0.1, -0.05) is 4.49 Å². The van der Waals surface area contributed by atoms with Crippen molar-refractivity contribution in [1.29, 1.82) is 0 Å². The van der Waals surface area contributed by atoms with Gasteiger partial charge in [0.1, 0.15) is 5.82 Å². The Kier molecular flexibility index (Phi) is 3.16. The molecule has 2 aromatic rings. The van der Waals surface area contributed by atoms with Crippen LogP contribution in [-0.2, 0) is 0 Å². The van der Waals surface area contributed by atoms with E-state index in [-0.39, 0.29) is 11.6 Å². The molecule has 1 aromatic carbocycles. The number of hydrogen-bond donors (Lipinski definition) is 0. The predicted octanol–water partition coefficient (Wildman–Crippen LogP) is 2.57. The van der Waals surface area contributed by atoms with Crippen LogP contribution in [0.1, 0.15) is 16.1 Å². The summed E-state index contributed by atoms with van der Waals surface area (Å²) < 4.78 is 16.3. The van der Waals surface area contributed by atoms with Crippen LogP contribution in [-0.4, -0.2) is 15.4 Å². The topological polar surface area (TPSA) is 42.9 Å². The monoisotopic (exact) mass is 234 g/mol. The van der Waals surface area contributed by atoms with Crippen LogP contribution in [0.3, 0.4) is 0 Å². The summed E-state index contributed by atoms with van der Waals surface area (Å²) in [5.41, 5.74) is 1.08. The molecule has 5 heteroatoms. The van der Waals surface area contributed by atoms with E-state index in [0.717, 1.165) is 0 Å². The Bertz CT molecular complexity index is 505. The Balaban J connectivity index is 2.11. The molecule has 0 amide bonds. The molecule has 0 aliphatic rings. The number of rotatable bonds is 3. The highest BCUT2D eigenvalue weighted by Gasteiger charge is 2.01. The Hall–Kier alpha value is -1.88. The Morgan fingerprint density at radius 3 is 2.69 bits per heavy atom. The van der Waals surface area contributed by atoms with Gasteiger partial charge in [-0.05, 0) is 47.9 Å². The third kappa shape index (κ3) is 2.58. The third-order valence-electron chi connectivity index (χ3n) is 1.91. The van der Waals surface area contributed by atoms with Crippen LogP contribution >= 0.6 is 11.5 Å². The lowest BCUT2D eigenvalue weighted by molar-refractivity contribution is 0.104. The highest BCUT2D eigenvalue weighted by Crippen LogP contribution is 2.06. The molecule has 0 atom stereocenters. The summed E-state index contributed by atoms with van der Waals surface area (Å²) in [7, 11) is 0. The molecule has 0 aliphatic carbocycles. The molecular formula is C11H7FN2OS. The molecule has 0 fully saturated rings. The number of ketones is 1. The van der Waals surface area contributed by atoms with E-state index < -0.39 is 0 Å². The maximum absolute atomic E-state index is 12.6. The van der Waals surface area contributed by atoms with E-state index in [0.29, 0.717) is 11.3 Å². The molecule has 0 radical (unpaired) electrons. The van der Waals surface area contributed by atoms with Crippen molar-refractivity contribution in [3.05, 3.63) is 52.8 Å². The van der Waals surface area contributed by atoms with E-state index in [2.05, 4.69) is 9.59 Å². The van der Waals surface area contributed by atoms with Gasteiger partial charge >= 0.3 is 0 Å². The second-order valence-electron chi connectivity index (χ2n) is 3.03. The lowest BCUT2D eigenvalue weighted by Gasteiger charge is -1.94. The fourth-order valence-electron chi connectivity index (χ4n) is 1.12. The van der Waals surface area contributed by atoms with Gasteiger partial charge in [0.2, 0.25) is 0 Å². The summed E-state index contributed by atoms with van der Waals surface area (Å²) in [5, 5.41) is 5.50. The first-order chi connectivity index (χ1) is 7.75. The summed E-state index contributed by atoms with van der Waals surface area (Å²) in [6.45, 7) is 0. The van der Waals surface area contributed by atoms with Crippen molar-refractivity contribution in [3.8, 4) is 0 Å². The molecule has 0 saturated carbocycles. The van der Waals surface area contributed by atoms with Gasteiger partial charge < -0.3 is 0 Å². The van der Waals surface area contributed by atoms with Crippen LogP contribution in [0.15, 0.2) is 35.7 Å². The van der Waals surface area contributed by atoms with Gasteiger partial charge in [-0.2, -0.15) is 0 Å². The summed E-state index contributed by atoms with van der Waals surface area (Å²) >= 11 is 1.22. The van der Waals surface area contributed by atoms with Crippen molar-refractivity contribution in [2.24, 2.45) is 0 Å². The summed E-state index contributed by atoms with van der Waals surface area (Å²) in [6, 6.07) is 5.40. The second kappa shape index (κ2) is 4.76. The number of carbonyl (C=O) groups excluding carboxylic acids is 1. The fourth-order valence-corrected chi connectivity index (χ4v) is 1.54. The maximum Gasteiger partial charge on any atom is 0.185 e. The zero-order valence-corrected chi connectivity index (χ0v) is 8.95. The van der Waals surface area contributed by atoms with E-state index in [4.69, 9.17) is 0 Å². The van der Waals surface area contributed by atoms with E-state index in [1.54, 1.807) is 11.5 Å². The molecule has 16 heavy (non-hydrogen) atoms. The van der Waals surface area contributed by atoms with Gasteiger partial charge in [-0.3, -0.25) is 4.79 Å². The van der Waals surface area contributed by atoms with Gasteiger partial charge in [0.05, 0.1) is 5.69 Å². The van der Waals surface area contributed by atoms with Gasteiger partial charge in [-0.25, -0.2) is 4.39 Å².